The van der Waals surface area contributed by atoms with Crippen LogP contribution in [0.5, 0.6) is 0 Å². The van der Waals surface area contributed by atoms with E-state index in [9.17, 15) is 9.90 Å². The molecule has 1 aliphatic heterocycles. The van der Waals surface area contributed by atoms with Gasteiger partial charge in [0.05, 0.1) is 23.2 Å². The first-order valence-electron chi connectivity index (χ1n) is 6.46. The van der Waals surface area contributed by atoms with Gasteiger partial charge in [-0.05, 0) is 37.5 Å². The Morgan fingerprint density at radius 2 is 2.40 bits per heavy atom. The van der Waals surface area contributed by atoms with Crippen LogP contribution in [0, 0.1) is 18.3 Å². The van der Waals surface area contributed by atoms with Crippen molar-refractivity contribution in [3.05, 3.63) is 28.3 Å². The summed E-state index contributed by atoms with van der Waals surface area (Å²) < 4.78 is 0. The number of carbonyl (C=O) groups is 1. The Morgan fingerprint density at radius 1 is 1.65 bits per heavy atom. The average Bonchev–Trinajstić information content (AvgIpc) is 2.92. The molecule has 1 heterocycles. The summed E-state index contributed by atoms with van der Waals surface area (Å²) in [6, 6.07) is 4.88. The maximum atomic E-state index is 12.2. The van der Waals surface area contributed by atoms with Crippen molar-refractivity contribution in [3.8, 4) is 6.07 Å². The van der Waals surface area contributed by atoms with E-state index in [2.05, 4.69) is 5.32 Å². The fourth-order valence-electron chi connectivity index (χ4n) is 2.39. The largest absolute Gasteiger partial charge is 0.394 e. The van der Waals surface area contributed by atoms with Crippen LogP contribution in [-0.2, 0) is 0 Å². The summed E-state index contributed by atoms with van der Waals surface area (Å²) in [5.74, 6) is 0. The summed E-state index contributed by atoms with van der Waals surface area (Å²) in [6.45, 7) is 2.37. The summed E-state index contributed by atoms with van der Waals surface area (Å²) in [5.41, 5.74) is 1.64. The highest BCUT2D eigenvalue weighted by Crippen LogP contribution is 2.28. The van der Waals surface area contributed by atoms with E-state index < -0.39 is 0 Å². The van der Waals surface area contributed by atoms with Crippen LogP contribution < -0.4 is 5.32 Å². The molecule has 0 bridgehead atoms. The van der Waals surface area contributed by atoms with Gasteiger partial charge in [-0.2, -0.15) is 5.26 Å². The highest BCUT2D eigenvalue weighted by molar-refractivity contribution is 6.33. The molecule has 0 radical (unpaired) electrons. The van der Waals surface area contributed by atoms with Crippen molar-refractivity contribution in [1.29, 1.82) is 5.26 Å². The molecule has 1 fully saturated rings. The van der Waals surface area contributed by atoms with Gasteiger partial charge in [-0.1, -0.05) is 11.6 Å². The third kappa shape index (κ3) is 2.72. The Balaban J connectivity index is 2.16. The van der Waals surface area contributed by atoms with E-state index in [0.717, 1.165) is 12.8 Å². The number of urea groups is 1. The molecule has 2 N–H and O–H groups in total. The van der Waals surface area contributed by atoms with Gasteiger partial charge in [0, 0.05) is 12.2 Å². The number of carbonyl (C=O) groups excluding carboxylic acids is 1. The van der Waals surface area contributed by atoms with Gasteiger partial charge in [-0.3, -0.25) is 0 Å². The summed E-state index contributed by atoms with van der Waals surface area (Å²) in [5, 5.41) is 21.3. The second kappa shape index (κ2) is 6.12. The number of rotatable bonds is 2. The third-order valence-corrected chi connectivity index (χ3v) is 4.08. The number of anilines is 1. The van der Waals surface area contributed by atoms with Gasteiger partial charge in [0.25, 0.3) is 0 Å². The minimum absolute atomic E-state index is 0.0273. The monoisotopic (exact) mass is 293 g/mol. The molecule has 2 rings (SSSR count). The van der Waals surface area contributed by atoms with Gasteiger partial charge in [-0.25, -0.2) is 4.79 Å². The van der Waals surface area contributed by atoms with Crippen LogP contribution in [-0.4, -0.2) is 35.2 Å². The summed E-state index contributed by atoms with van der Waals surface area (Å²) >= 11 is 6.07. The molecule has 2 amide bonds. The minimum Gasteiger partial charge on any atom is -0.394 e. The Labute approximate surface area is 122 Å². The van der Waals surface area contributed by atoms with E-state index in [1.807, 2.05) is 6.07 Å². The van der Waals surface area contributed by atoms with E-state index in [1.54, 1.807) is 24.0 Å². The number of nitrogens with zero attached hydrogens (tertiary/aromatic N) is 2. The van der Waals surface area contributed by atoms with Gasteiger partial charge in [0.1, 0.15) is 6.07 Å². The standard InChI is InChI=1S/C14H16ClN3O2/c1-9-12(5-4-10(7-16)13(9)15)17-14(20)18-6-2-3-11(18)8-19/h4-5,11,19H,2-3,6,8H2,1H3,(H,17,20). The molecule has 0 aromatic heterocycles. The van der Waals surface area contributed by atoms with Crippen molar-refractivity contribution in [2.24, 2.45) is 0 Å². The van der Waals surface area contributed by atoms with Crippen LogP contribution >= 0.6 is 11.6 Å². The number of likely N-dealkylation sites (tertiary alicyclic amines) is 1. The first-order chi connectivity index (χ1) is 9.58. The van der Waals surface area contributed by atoms with E-state index in [-0.39, 0.29) is 18.7 Å². The molecular weight excluding hydrogens is 278 g/mol. The lowest BCUT2D eigenvalue weighted by atomic mass is 10.1. The van der Waals surface area contributed by atoms with Crippen molar-refractivity contribution in [2.45, 2.75) is 25.8 Å². The van der Waals surface area contributed by atoms with Crippen LogP contribution in [0.1, 0.15) is 24.0 Å². The molecule has 1 atom stereocenters. The zero-order valence-corrected chi connectivity index (χ0v) is 11.9. The van der Waals surface area contributed by atoms with Crippen molar-refractivity contribution in [3.63, 3.8) is 0 Å². The van der Waals surface area contributed by atoms with Gasteiger partial charge >= 0.3 is 6.03 Å². The molecule has 0 aliphatic carbocycles. The lowest BCUT2D eigenvalue weighted by Gasteiger charge is -2.24. The highest BCUT2D eigenvalue weighted by Gasteiger charge is 2.28. The number of aliphatic hydroxyl groups is 1. The number of nitrogens with one attached hydrogen (secondary N) is 1. The van der Waals surface area contributed by atoms with Crippen molar-refractivity contribution >= 4 is 23.3 Å². The number of hydrogen-bond acceptors (Lipinski definition) is 3. The number of aliphatic hydroxyl groups excluding tert-OH is 1. The van der Waals surface area contributed by atoms with Crippen molar-refractivity contribution < 1.29 is 9.90 Å². The van der Waals surface area contributed by atoms with E-state index >= 15 is 0 Å². The van der Waals surface area contributed by atoms with E-state index in [4.69, 9.17) is 16.9 Å². The molecule has 106 valence electrons. The summed E-state index contributed by atoms with van der Waals surface area (Å²) in [7, 11) is 0. The van der Waals surface area contributed by atoms with Crippen LogP contribution in [0.3, 0.4) is 0 Å². The number of amides is 2. The van der Waals surface area contributed by atoms with Crippen LogP contribution in [0.4, 0.5) is 10.5 Å². The second-order valence-electron chi connectivity index (χ2n) is 4.81. The lowest BCUT2D eigenvalue weighted by molar-refractivity contribution is 0.166. The van der Waals surface area contributed by atoms with Crippen LogP contribution in [0.25, 0.3) is 0 Å². The van der Waals surface area contributed by atoms with E-state index in [1.165, 1.54) is 0 Å². The maximum Gasteiger partial charge on any atom is 0.322 e. The molecule has 1 aromatic carbocycles. The van der Waals surface area contributed by atoms with Gasteiger partial charge < -0.3 is 15.3 Å². The first-order valence-corrected chi connectivity index (χ1v) is 6.84. The fourth-order valence-corrected chi connectivity index (χ4v) is 2.59. The SMILES string of the molecule is Cc1c(NC(=O)N2CCCC2CO)ccc(C#N)c1Cl. The molecule has 20 heavy (non-hydrogen) atoms. The van der Waals surface area contributed by atoms with Gasteiger partial charge in [-0.15, -0.1) is 0 Å². The Morgan fingerprint density at radius 3 is 3.05 bits per heavy atom. The fraction of sp³-hybridized carbons (Fsp3) is 0.429. The lowest BCUT2D eigenvalue weighted by Crippen LogP contribution is -2.40. The second-order valence-corrected chi connectivity index (χ2v) is 5.19. The number of halogens is 1. The summed E-state index contributed by atoms with van der Waals surface area (Å²) in [4.78, 5) is 13.8. The normalized spacial score (nSPS) is 17.9. The number of benzene rings is 1. The predicted octanol–water partition coefficient (Wildman–Crippen LogP) is 2.51. The smallest absolute Gasteiger partial charge is 0.322 e. The Kier molecular flexibility index (Phi) is 4.48. The van der Waals surface area contributed by atoms with Crippen LogP contribution in [0.2, 0.25) is 5.02 Å². The highest BCUT2D eigenvalue weighted by atomic mass is 35.5. The molecule has 1 saturated heterocycles. The summed E-state index contributed by atoms with van der Waals surface area (Å²) in [6.07, 6.45) is 1.71. The van der Waals surface area contributed by atoms with Crippen LogP contribution in [0.15, 0.2) is 12.1 Å². The molecule has 0 spiro atoms. The van der Waals surface area contributed by atoms with Crippen molar-refractivity contribution in [1.82, 2.24) is 4.90 Å². The molecule has 1 unspecified atom stereocenters. The Bertz CT molecular complexity index is 568. The topological polar surface area (TPSA) is 76.4 Å². The maximum absolute atomic E-state index is 12.2. The zero-order valence-electron chi connectivity index (χ0n) is 11.2. The van der Waals surface area contributed by atoms with E-state index in [0.29, 0.717) is 28.4 Å². The third-order valence-electron chi connectivity index (χ3n) is 3.60. The molecule has 0 saturated carbocycles. The quantitative estimate of drug-likeness (QED) is 0.879. The first kappa shape index (κ1) is 14.6. The Hall–Kier alpha value is -1.77. The number of nitriles is 1. The molecule has 6 heteroatoms. The minimum atomic E-state index is -0.245. The average molecular weight is 294 g/mol. The molecule has 1 aliphatic rings. The molecule has 5 nitrogen and oxygen atoms in total. The van der Waals surface area contributed by atoms with Crippen molar-refractivity contribution in [2.75, 3.05) is 18.5 Å². The molecule has 1 aromatic rings. The predicted molar refractivity (Wildman–Crippen MR) is 76.7 cm³/mol. The zero-order chi connectivity index (χ0) is 14.7. The number of hydrogen-bond donors (Lipinski definition) is 2. The molecular formula is C14H16ClN3O2. The van der Waals surface area contributed by atoms with Gasteiger partial charge in [0.2, 0.25) is 0 Å². The van der Waals surface area contributed by atoms with Gasteiger partial charge in [0.15, 0.2) is 0 Å².